The highest BCUT2D eigenvalue weighted by molar-refractivity contribution is 5.43. The normalized spacial score (nSPS) is 15.2. The summed E-state index contributed by atoms with van der Waals surface area (Å²) in [5.74, 6) is 0.985. The lowest BCUT2D eigenvalue weighted by Crippen LogP contribution is -2.28. The van der Waals surface area contributed by atoms with Gasteiger partial charge < -0.3 is 9.84 Å². The van der Waals surface area contributed by atoms with Crippen molar-refractivity contribution in [3.63, 3.8) is 0 Å². The van der Waals surface area contributed by atoms with E-state index in [0.717, 1.165) is 18.8 Å². The van der Waals surface area contributed by atoms with E-state index in [0.29, 0.717) is 6.04 Å². The van der Waals surface area contributed by atoms with Crippen molar-refractivity contribution in [2.75, 3.05) is 20.3 Å². The van der Waals surface area contributed by atoms with Gasteiger partial charge in [-0.25, -0.2) is 0 Å². The van der Waals surface area contributed by atoms with E-state index in [1.54, 1.807) is 7.11 Å². The average Bonchev–Trinajstić information content (AvgIpc) is 3.12. The van der Waals surface area contributed by atoms with Gasteiger partial charge in [0.15, 0.2) is 0 Å². The summed E-state index contributed by atoms with van der Waals surface area (Å²) in [5, 5.41) is 9.12. The van der Waals surface area contributed by atoms with Crippen LogP contribution < -0.4 is 4.74 Å². The van der Waals surface area contributed by atoms with Crippen LogP contribution in [0.15, 0.2) is 12.1 Å². The summed E-state index contributed by atoms with van der Waals surface area (Å²) < 4.78 is 5.39. The monoisotopic (exact) mass is 249 g/mol. The first kappa shape index (κ1) is 13.4. The highest BCUT2D eigenvalue weighted by Crippen LogP contribution is 2.30. The predicted octanol–water partition coefficient (Wildman–Crippen LogP) is 2.27. The van der Waals surface area contributed by atoms with Crippen LogP contribution in [0.4, 0.5) is 0 Å². The number of benzene rings is 1. The molecule has 2 rings (SSSR count). The summed E-state index contributed by atoms with van der Waals surface area (Å²) in [5.41, 5.74) is 3.69. The molecule has 1 saturated carbocycles. The Morgan fingerprint density at radius 1 is 1.28 bits per heavy atom. The van der Waals surface area contributed by atoms with Crippen LogP contribution in [-0.2, 0) is 6.54 Å². The van der Waals surface area contributed by atoms with Crippen molar-refractivity contribution in [3.8, 4) is 5.75 Å². The number of nitrogens with zero attached hydrogens (tertiary/aromatic N) is 1. The van der Waals surface area contributed by atoms with Gasteiger partial charge in [-0.3, -0.25) is 4.90 Å². The molecule has 3 heteroatoms. The molecule has 100 valence electrons. The molecule has 0 amide bonds. The third-order valence-electron chi connectivity index (χ3n) is 3.56. The van der Waals surface area contributed by atoms with E-state index in [2.05, 4.69) is 30.9 Å². The lowest BCUT2D eigenvalue weighted by molar-refractivity contribution is 0.183. The highest BCUT2D eigenvalue weighted by Gasteiger charge is 2.28. The van der Waals surface area contributed by atoms with Crippen molar-refractivity contribution < 1.29 is 9.84 Å². The van der Waals surface area contributed by atoms with E-state index >= 15 is 0 Å². The molecular weight excluding hydrogens is 226 g/mol. The summed E-state index contributed by atoms with van der Waals surface area (Å²) in [4.78, 5) is 2.38. The molecule has 1 aliphatic rings. The molecule has 1 N–H and O–H groups in total. The Bertz CT molecular complexity index is 390. The number of aryl methyl sites for hydroxylation is 2. The van der Waals surface area contributed by atoms with Gasteiger partial charge in [0.05, 0.1) is 13.7 Å². The Morgan fingerprint density at radius 3 is 2.33 bits per heavy atom. The molecule has 0 atom stereocenters. The summed E-state index contributed by atoms with van der Waals surface area (Å²) in [6.07, 6.45) is 2.54. The number of hydrogen-bond donors (Lipinski definition) is 1. The van der Waals surface area contributed by atoms with Crippen LogP contribution in [0.5, 0.6) is 5.75 Å². The largest absolute Gasteiger partial charge is 0.496 e. The van der Waals surface area contributed by atoms with Crippen molar-refractivity contribution >= 4 is 0 Å². The molecule has 18 heavy (non-hydrogen) atoms. The molecule has 1 aromatic rings. The van der Waals surface area contributed by atoms with Crippen LogP contribution in [0.2, 0.25) is 0 Å². The minimum atomic E-state index is 0.241. The molecule has 0 bridgehead atoms. The van der Waals surface area contributed by atoms with Crippen LogP contribution in [0.25, 0.3) is 0 Å². The SMILES string of the molecule is COc1c(C)cc(CN(CCO)C2CC2)cc1C. The van der Waals surface area contributed by atoms with Gasteiger partial charge >= 0.3 is 0 Å². The van der Waals surface area contributed by atoms with Crippen molar-refractivity contribution in [2.24, 2.45) is 0 Å². The van der Waals surface area contributed by atoms with Crippen LogP contribution >= 0.6 is 0 Å². The number of aliphatic hydroxyl groups excluding tert-OH is 1. The number of aliphatic hydroxyl groups is 1. The van der Waals surface area contributed by atoms with Gasteiger partial charge in [0.2, 0.25) is 0 Å². The first-order valence-corrected chi connectivity index (χ1v) is 6.64. The van der Waals surface area contributed by atoms with Gasteiger partial charge in [-0.05, 0) is 43.4 Å². The highest BCUT2D eigenvalue weighted by atomic mass is 16.5. The lowest BCUT2D eigenvalue weighted by atomic mass is 10.1. The molecule has 1 fully saturated rings. The summed E-state index contributed by atoms with van der Waals surface area (Å²) in [6, 6.07) is 5.07. The van der Waals surface area contributed by atoms with Crippen molar-refractivity contribution in [3.05, 3.63) is 28.8 Å². The van der Waals surface area contributed by atoms with Crippen LogP contribution in [-0.4, -0.2) is 36.3 Å². The van der Waals surface area contributed by atoms with Crippen molar-refractivity contribution in [1.82, 2.24) is 4.90 Å². The number of methoxy groups -OCH3 is 1. The smallest absolute Gasteiger partial charge is 0.124 e. The van der Waals surface area contributed by atoms with Crippen molar-refractivity contribution in [2.45, 2.75) is 39.3 Å². The van der Waals surface area contributed by atoms with Gasteiger partial charge in [-0.15, -0.1) is 0 Å². The molecule has 0 saturated heterocycles. The minimum Gasteiger partial charge on any atom is -0.496 e. The number of rotatable bonds is 6. The Hall–Kier alpha value is -1.06. The number of hydrogen-bond acceptors (Lipinski definition) is 3. The van der Waals surface area contributed by atoms with Gasteiger partial charge in [0.1, 0.15) is 5.75 Å². The van der Waals surface area contributed by atoms with E-state index in [1.165, 1.54) is 29.5 Å². The fourth-order valence-electron chi connectivity index (χ4n) is 2.65. The molecule has 0 spiro atoms. The second kappa shape index (κ2) is 5.72. The van der Waals surface area contributed by atoms with Crippen LogP contribution in [0.3, 0.4) is 0 Å². The molecule has 0 radical (unpaired) electrons. The third-order valence-corrected chi connectivity index (χ3v) is 3.56. The zero-order chi connectivity index (χ0) is 13.1. The Balaban J connectivity index is 2.12. The molecule has 3 nitrogen and oxygen atoms in total. The molecule has 0 aromatic heterocycles. The van der Waals surface area contributed by atoms with E-state index in [1.807, 2.05) is 0 Å². The summed E-state index contributed by atoms with van der Waals surface area (Å²) in [7, 11) is 1.72. The first-order valence-electron chi connectivity index (χ1n) is 6.64. The molecule has 0 heterocycles. The van der Waals surface area contributed by atoms with E-state index < -0.39 is 0 Å². The Labute approximate surface area is 109 Å². The third kappa shape index (κ3) is 3.03. The first-order chi connectivity index (χ1) is 8.65. The molecule has 1 aliphatic carbocycles. The maximum absolute atomic E-state index is 9.12. The average molecular weight is 249 g/mol. The van der Waals surface area contributed by atoms with Gasteiger partial charge in [-0.2, -0.15) is 0 Å². The zero-order valence-electron chi connectivity index (χ0n) is 11.6. The topological polar surface area (TPSA) is 32.7 Å². The van der Waals surface area contributed by atoms with Crippen molar-refractivity contribution in [1.29, 1.82) is 0 Å². The van der Waals surface area contributed by atoms with E-state index in [4.69, 9.17) is 9.84 Å². The molecular formula is C15H23NO2. The fourth-order valence-corrected chi connectivity index (χ4v) is 2.65. The second-order valence-corrected chi connectivity index (χ2v) is 5.19. The van der Waals surface area contributed by atoms with Gasteiger partial charge in [0.25, 0.3) is 0 Å². The van der Waals surface area contributed by atoms with Gasteiger partial charge in [-0.1, -0.05) is 12.1 Å². The summed E-state index contributed by atoms with van der Waals surface area (Å²) in [6.45, 7) is 6.11. The molecule has 0 unspecified atom stereocenters. The zero-order valence-corrected chi connectivity index (χ0v) is 11.6. The molecule has 1 aromatic carbocycles. The van der Waals surface area contributed by atoms with E-state index in [-0.39, 0.29) is 6.61 Å². The quantitative estimate of drug-likeness (QED) is 0.839. The standard InChI is InChI=1S/C15H23NO2/c1-11-8-13(9-12(2)15(11)18-3)10-16(6-7-17)14-4-5-14/h8-9,14,17H,4-7,10H2,1-3H3. The second-order valence-electron chi connectivity index (χ2n) is 5.19. The Kier molecular flexibility index (Phi) is 4.25. The Morgan fingerprint density at radius 2 is 1.89 bits per heavy atom. The maximum atomic E-state index is 9.12. The van der Waals surface area contributed by atoms with Gasteiger partial charge in [0, 0.05) is 19.1 Å². The molecule has 0 aliphatic heterocycles. The lowest BCUT2D eigenvalue weighted by Gasteiger charge is -2.22. The van der Waals surface area contributed by atoms with E-state index in [9.17, 15) is 0 Å². The van der Waals surface area contributed by atoms with Crippen LogP contribution in [0, 0.1) is 13.8 Å². The maximum Gasteiger partial charge on any atom is 0.124 e. The fraction of sp³-hybridized carbons (Fsp3) is 0.600. The van der Waals surface area contributed by atoms with Crippen LogP contribution in [0.1, 0.15) is 29.5 Å². The predicted molar refractivity (Wildman–Crippen MR) is 73.0 cm³/mol. The summed E-state index contributed by atoms with van der Waals surface area (Å²) >= 11 is 0. The number of ether oxygens (including phenoxy) is 1. The minimum absolute atomic E-state index is 0.241.